The largest absolute Gasteiger partial charge is 0.494 e. The fraction of sp³-hybridized carbons (Fsp3) is 0.323. The van der Waals surface area contributed by atoms with Crippen molar-refractivity contribution in [3.63, 3.8) is 0 Å². The van der Waals surface area contributed by atoms with E-state index in [0.717, 1.165) is 25.7 Å². The summed E-state index contributed by atoms with van der Waals surface area (Å²) in [5, 5.41) is 13.6. The number of aromatic nitrogens is 2. The molecule has 1 saturated carbocycles. The van der Waals surface area contributed by atoms with Crippen LogP contribution in [0.5, 0.6) is 5.75 Å². The van der Waals surface area contributed by atoms with Crippen LogP contribution in [0.25, 0.3) is 33.5 Å². The highest BCUT2D eigenvalue weighted by Gasteiger charge is 2.27. The fourth-order valence-electron chi connectivity index (χ4n) is 5.72. The van der Waals surface area contributed by atoms with Crippen molar-refractivity contribution in [3.05, 3.63) is 70.5 Å². The number of imidazole rings is 1. The van der Waals surface area contributed by atoms with Crippen molar-refractivity contribution in [2.45, 2.75) is 51.5 Å². The maximum Gasteiger partial charge on any atom is 0.336 e. The highest BCUT2D eigenvalue weighted by atomic mass is 35.5. The molecule has 0 bridgehead atoms. The molecule has 0 aliphatic heterocycles. The molecule has 3 N–H and O–H groups in total. The summed E-state index contributed by atoms with van der Waals surface area (Å²) in [6.07, 6.45) is 6.38. The Hall–Kier alpha value is -3.91. The number of nitrogens with one attached hydrogen (secondary N) is 2. The summed E-state index contributed by atoms with van der Waals surface area (Å²) >= 11 is 6.65. The van der Waals surface area contributed by atoms with Crippen molar-refractivity contribution in [3.8, 4) is 28.3 Å². The molecular formula is C31H31ClFN3O4. The number of fused-ring (bicyclic) bond motifs is 1. The molecule has 7 nitrogen and oxygen atoms in total. The number of H-pyrrole nitrogens is 1. The second kappa shape index (κ2) is 11.7. The standard InChI is InChI=1S/C31H31ClFN3O4/c1-3-7-24(17-8-4-5-9-17)36-30(37)18-12-13-19(21(14-18)31(38)39)28-20(10-6-11-22(28)32)29-34-25-15-23(33)27(40-2)16-26(25)35-29/h6,10-17,24H,3-5,7-9H2,1-2H3,(H,34,35)(H,36,37)(H,38,39). The van der Waals surface area contributed by atoms with E-state index in [1.54, 1.807) is 30.3 Å². The molecular weight excluding hydrogens is 533 g/mol. The highest BCUT2D eigenvalue weighted by molar-refractivity contribution is 6.34. The molecule has 1 aliphatic carbocycles. The van der Waals surface area contributed by atoms with Gasteiger partial charge < -0.3 is 20.1 Å². The van der Waals surface area contributed by atoms with Gasteiger partial charge in [0.2, 0.25) is 0 Å². The lowest BCUT2D eigenvalue weighted by molar-refractivity contribution is 0.0697. The van der Waals surface area contributed by atoms with Gasteiger partial charge in [-0.2, -0.15) is 0 Å². The molecule has 208 valence electrons. The number of carboxylic acid groups (broad SMARTS) is 1. The Balaban J connectivity index is 1.54. The number of carbonyl (C=O) groups is 2. The minimum atomic E-state index is -1.19. The number of benzene rings is 3. The Labute approximate surface area is 236 Å². The van der Waals surface area contributed by atoms with Crippen LogP contribution in [0, 0.1) is 11.7 Å². The number of halogens is 2. The van der Waals surface area contributed by atoms with E-state index in [0.29, 0.717) is 44.5 Å². The Morgan fingerprint density at radius 3 is 2.65 bits per heavy atom. The molecule has 1 atom stereocenters. The number of amides is 1. The molecule has 0 radical (unpaired) electrons. The van der Waals surface area contributed by atoms with Crippen LogP contribution in [0.15, 0.2) is 48.5 Å². The van der Waals surface area contributed by atoms with E-state index in [-0.39, 0.29) is 28.8 Å². The maximum atomic E-state index is 14.3. The molecule has 0 spiro atoms. The second-order valence-electron chi connectivity index (χ2n) is 10.2. The first-order valence-electron chi connectivity index (χ1n) is 13.5. The molecule has 1 unspecified atom stereocenters. The third-order valence-electron chi connectivity index (χ3n) is 7.69. The van der Waals surface area contributed by atoms with Gasteiger partial charge in [-0.05, 0) is 48.9 Å². The van der Waals surface area contributed by atoms with Gasteiger partial charge in [0, 0.05) is 39.9 Å². The third kappa shape index (κ3) is 5.41. The van der Waals surface area contributed by atoms with Crippen LogP contribution < -0.4 is 10.1 Å². The Bertz CT molecular complexity index is 1580. The average molecular weight is 564 g/mol. The van der Waals surface area contributed by atoms with Crippen molar-refractivity contribution in [1.29, 1.82) is 0 Å². The van der Waals surface area contributed by atoms with Crippen LogP contribution in [0.2, 0.25) is 5.02 Å². The number of carbonyl (C=O) groups excluding carboxylic acids is 1. The summed E-state index contributed by atoms with van der Waals surface area (Å²) in [7, 11) is 1.38. The molecule has 4 aromatic rings. The highest BCUT2D eigenvalue weighted by Crippen LogP contribution is 2.40. The Kier molecular flexibility index (Phi) is 8.07. The molecule has 9 heteroatoms. The van der Waals surface area contributed by atoms with Gasteiger partial charge in [0.25, 0.3) is 5.91 Å². The minimum Gasteiger partial charge on any atom is -0.494 e. The van der Waals surface area contributed by atoms with E-state index < -0.39 is 11.8 Å². The van der Waals surface area contributed by atoms with E-state index in [4.69, 9.17) is 16.3 Å². The fourth-order valence-corrected chi connectivity index (χ4v) is 6.00. The van der Waals surface area contributed by atoms with Gasteiger partial charge in [-0.15, -0.1) is 0 Å². The van der Waals surface area contributed by atoms with Crippen molar-refractivity contribution >= 4 is 34.5 Å². The summed E-state index contributed by atoms with van der Waals surface area (Å²) in [5.41, 5.74) is 2.47. The van der Waals surface area contributed by atoms with Crippen LogP contribution in [0.1, 0.15) is 66.2 Å². The van der Waals surface area contributed by atoms with Crippen LogP contribution in [-0.4, -0.2) is 40.1 Å². The van der Waals surface area contributed by atoms with E-state index in [2.05, 4.69) is 22.2 Å². The zero-order valence-electron chi connectivity index (χ0n) is 22.4. The minimum absolute atomic E-state index is 0.0567. The molecule has 1 fully saturated rings. The number of nitrogens with zero attached hydrogens (tertiary/aromatic N) is 1. The van der Waals surface area contributed by atoms with Gasteiger partial charge >= 0.3 is 5.97 Å². The van der Waals surface area contributed by atoms with Crippen LogP contribution in [0.4, 0.5) is 4.39 Å². The van der Waals surface area contributed by atoms with Gasteiger partial charge in [-0.3, -0.25) is 4.79 Å². The molecule has 3 aromatic carbocycles. The van der Waals surface area contributed by atoms with Crippen molar-refractivity contribution in [2.24, 2.45) is 5.92 Å². The summed E-state index contributed by atoms with van der Waals surface area (Å²) in [6, 6.07) is 12.6. The summed E-state index contributed by atoms with van der Waals surface area (Å²) < 4.78 is 19.4. The zero-order valence-corrected chi connectivity index (χ0v) is 23.1. The Morgan fingerprint density at radius 2 is 1.95 bits per heavy atom. The van der Waals surface area contributed by atoms with Crippen molar-refractivity contribution < 1.29 is 23.8 Å². The van der Waals surface area contributed by atoms with E-state index >= 15 is 0 Å². The smallest absolute Gasteiger partial charge is 0.336 e. The van der Waals surface area contributed by atoms with E-state index in [1.165, 1.54) is 38.2 Å². The summed E-state index contributed by atoms with van der Waals surface area (Å²) in [6.45, 7) is 2.10. The predicted molar refractivity (Wildman–Crippen MR) is 154 cm³/mol. The van der Waals surface area contributed by atoms with Crippen molar-refractivity contribution in [1.82, 2.24) is 15.3 Å². The van der Waals surface area contributed by atoms with Gasteiger partial charge in [0.15, 0.2) is 11.6 Å². The lowest BCUT2D eigenvalue weighted by Crippen LogP contribution is -2.39. The van der Waals surface area contributed by atoms with E-state index in [1.807, 2.05) is 0 Å². The van der Waals surface area contributed by atoms with Gasteiger partial charge in [0.05, 0.1) is 23.7 Å². The number of ether oxygens (including phenoxy) is 1. The predicted octanol–water partition coefficient (Wildman–Crippen LogP) is 7.48. The first-order valence-corrected chi connectivity index (χ1v) is 13.9. The number of aromatic amines is 1. The van der Waals surface area contributed by atoms with Gasteiger partial charge in [-0.1, -0.05) is 56.0 Å². The number of methoxy groups -OCH3 is 1. The second-order valence-corrected chi connectivity index (χ2v) is 10.6. The number of hydrogen-bond acceptors (Lipinski definition) is 4. The maximum absolute atomic E-state index is 14.3. The first kappa shape index (κ1) is 27.6. The monoisotopic (exact) mass is 563 g/mol. The number of hydrogen-bond donors (Lipinski definition) is 3. The summed E-state index contributed by atoms with van der Waals surface area (Å²) in [4.78, 5) is 33.4. The molecule has 1 aromatic heterocycles. The van der Waals surface area contributed by atoms with Crippen LogP contribution >= 0.6 is 11.6 Å². The van der Waals surface area contributed by atoms with E-state index in [9.17, 15) is 19.1 Å². The lowest BCUT2D eigenvalue weighted by Gasteiger charge is -2.24. The molecule has 1 aliphatic rings. The third-order valence-corrected chi connectivity index (χ3v) is 8.01. The molecule has 5 rings (SSSR count). The van der Waals surface area contributed by atoms with Gasteiger partial charge in [-0.25, -0.2) is 14.2 Å². The number of aromatic carboxylic acids is 1. The van der Waals surface area contributed by atoms with Crippen LogP contribution in [-0.2, 0) is 0 Å². The molecule has 40 heavy (non-hydrogen) atoms. The molecule has 1 amide bonds. The van der Waals surface area contributed by atoms with Crippen molar-refractivity contribution in [2.75, 3.05) is 7.11 Å². The molecule has 1 heterocycles. The SMILES string of the molecule is CCCC(NC(=O)c1ccc(-c2c(Cl)cccc2-c2nc3cc(OC)c(F)cc3[nH]2)c(C(=O)O)c1)C1CCCC1. The Morgan fingerprint density at radius 1 is 1.18 bits per heavy atom. The summed E-state index contributed by atoms with van der Waals surface area (Å²) in [5.74, 6) is -1.11. The normalized spacial score (nSPS) is 14.4. The van der Waals surface area contributed by atoms with Crippen LogP contribution in [0.3, 0.4) is 0 Å². The topological polar surface area (TPSA) is 104 Å². The average Bonchev–Trinajstić information content (AvgIpc) is 3.62. The molecule has 0 saturated heterocycles. The number of rotatable bonds is 9. The first-order chi connectivity index (χ1) is 19.3. The quantitative estimate of drug-likeness (QED) is 0.196. The zero-order chi connectivity index (χ0) is 28.4. The number of carboxylic acids is 1. The van der Waals surface area contributed by atoms with Gasteiger partial charge in [0.1, 0.15) is 5.82 Å². The lowest BCUT2D eigenvalue weighted by atomic mass is 9.92.